The van der Waals surface area contributed by atoms with Crippen LogP contribution in [0.2, 0.25) is 5.15 Å². The van der Waals surface area contributed by atoms with E-state index in [0.29, 0.717) is 10.8 Å². The van der Waals surface area contributed by atoms with E-state index in [1.807, 2.05) is 20.8 Å². The average Bonchev–Trinajstić information content (AvgIpc) is 2.71. The third-order valence-electron chi connectivity index (χ3n) is 2.78. The maximum absolute atomic E-state index is 10.8. The molecule has 0 spiro atoms. The molecule has 0 aliphatic carbocycles. The predicted octanol–water partition coefficient (Wildman–Crippen LogP) is 3.73. The molecule has 0 aliphatic rings. The molecule has 4 nitrogen and oxygen atoms in total. The minimum absolute atomic E-state index is 0.122. The van der Waals surface area contributed by atoms with Crippen LogP contribution in [0, 0.1) is 0 Å². The van der Waals surface area contributed by atoms with E-state index in [0.717, 1.165) is 11.4 Å². The van der Waals surface area contributed by atoms with Gasteiger partial charge in [-0.15, -0.1) is 0 Å². The van der Waals surface area contributed by atoms with Crippen LogP contribution in [0.4, 0.5) is 0 Å². The molecule has 19 heavy (non-hydrogen) atoms. The van der Waals surface area contributed by atoms with E-state index in [1.165, 1.54) is 0 Å². The van der Waals surface area contributed by atoms with E-state index in [1.54, 1.807) is 24.3 Å². The lowest BCUT2D eigenvalue weighted by atomic mass is 9.96. The summed E-state index contributed by atoms with van der Waals surface area (Å²) in [6, 6.07) is 6.49. The van der Waals surface area contributed by atoms with Gasteiger partial charge in [0.25, 0.3) is 0 Å². The lowest BCUT2D eigenvalue weighted by molar-refractivity contribution is 0.0697. The topological polar surface area (TPSA) is 66.0 Å². The van der Waals surface area contributed by atoms with Gasteiger partial charge >= 0.3 is 5.97 Å². The molecular weight excluding hydrogens is 264 g/mol. The molecule has 5 heteroatoms. The van der Waals surface area contributed by atoms with Gasteiger partial charge < -0.3 is 10.1 Å². The lowest BCUT2D eigenvalue weighted by Crippen LogP contribution is -2.13. The molecule has 1 aromatic carbocycles. The second-order valence-electron chi connectivity index (χ2n) is 5.38. The number of carboxylic acid groups (broad SMARTS) is 1. The molecule has 100 valence electrons. The summed E-state index contributed by atoms with van der Waals surface area (Å²) < 4.78 is 0. The minimum atomic E-state index is -0.949. The van der Waals surface area contributed by atoms with Crippen LogP contribution in [-0.4, -0.2) is 21.0 Å². The zero-order valence-electron chi connectivity index (χ0n) is 11.0. The van der Waals surface area contributed by atoms with Crippen molar-refractivity contribution >= 4 is 17.6 Å². The number of aromatic carboxylic acids is 1. The number of H-pyrrole nitrogens is 1. The van der Waals surface area contributed by atoms with Gasteiger partial charge in [-0.05, 0) is 12.1 Å². The molecule has 2 N–H and O–H groups in total. The summed E-state index contributed by atoms with van der Waals surface area (Å²) in [7, 11) is 0. The largest absolute Gasteiger partial charge is 0.478 e. The van der Waals surface area contributed by atoms with Gasteiger partial charge in [-0.25, -0.2) is 9.78 Å². The van der Waals surface area contributed by atoms with Crippen LogP contribution in [0.15, 0.2) is 24.3 Å². The molecule has 0 unspecified atom stereocenters. The molecular formula is C14H15ClN2O2. The van der Waals surface area contributed by atoms with Crippen LogP contribution in [-0.2, 0) is 5.41 Å². The van der Waals surface area contributed by atoms with Crippen molar-refractivity contribution in [1.82, 2.24) is 9.97 Å². The molecule has 0 radical (unpaired) electrons. The smallest absolute Gasteiger partial charge is 0.335 e. The summed E-state index contributed by atoms with van der Waals surface area (Å²) >= 11 is 6.15. The zero-order chi connectivity index (χ0) is 14.2. The lowest BCUT2D eigenvalue weighted by Gasteiger charge is -2.13. The second-order valence-corrected chi connectivity index (χ2v) is 5.76. The van der Waals surface area contributed by atoms with Crippen molar-refractivity contribution < 1.29 is 9.90 Å². The summed E-state index contributed by atoms with van der Waals surface area (Å²) in [5, 5.41) is 9.33. The fourth-order valence-electron chi connectivity index (χ4n) is 1.67. The van der Waals surface area contributed by atoms with Crippen molar-refractivity contribution in [2.24, 2.45) is 0 Å². The van der Waals surface area contributed by atoms with E-state index in [9.17, 15) is 4.79 Å². The Morgan fingerprint density at radius 1 is 1.26 bits per heavy atom. The third kappa shape index (κ3) is 2.79. The van der Waals surface area contributed by atoms with Crippen molar-refractivity contribution in [2.75, 3.05) is 0 Å². The molecule has 0 fully saturated rings. The second kappa shape index (κ2) is 4.70. The molecule has 2 aromatic rings. The van der Waals surface area contributed by atoms with Gasteiger partial charge in [0.15, 0.2) is 0 Å². The zero-order valence-corrected chi connectivity index (χ0v) is 11.7. The third-order valence-corrected chi connectivity index (χ3v) is 3.05. The molecule has 0 bridgehead atoms. The molecule has 0 saturated heterocycles. The van der Waals surface area contributed by atoms with E-state index in [-0.39, 0.29) is 11.0 Å². The fraction of sp³-hybridized carbons (Fsp3) is 0.286. The number of benzene rings is 1. The van der Waals surface area contributed by atoms with Crippen molar-refractivity contribution in [3.05, 3.63) is 40.8 Å². The standard InChI is InChI=1S/C14H15ClN2O2/c1-14(2,3)13-16-10(11(15)17-13)8-4-6-9(7-5-8)12(18)19/h4-7H,1-3H3,(H,16,17)(H,18,19). The van der Waals surface area contributed by atoms with Gasteiger partial charge in [0.05, 0.1) is 5.56 Å². The molecule has 1 heterocycles. The number of nitrogens with zero attached hydrogens (tertiary/aromatic N) is 1. The Kier molecular flexibility index (Phi) is 3.37. The van der Waals surface area contributed by atoms with Crippen LogP contribution in [0.5, 0.6) is 0 Å². The van der Waals surface area contributed by atoms with Crippen LogP contribution in [0.25, 0.3) is 11.3 Å². The number of halogens is 1. The number of nitrogens with one attached hydrogen (secondary N) is 1. The minimum Gasteiger partial charge on any atom is -0.478 e. The summed E-state index contributed by atoms with van der Waals surface area (Å²) in [5.74, 6) is -0.148. The van der Waals surface area contributed by atoms with E-state index in [2.05, 4.69) is 9.97 Å². The van der Waals surface area contributed by atoms with Gasteiger partial charge in [0.1, 0.15) is 16.7 Å². The first-order valence-electron chi connectivity index (χ1n) is 5.89. The van der Waals surface area contributed by atoms with E-state index in [4.69, 9.17) is 16.7 Å². The predicted molar refractivity (Wildman–Crippen MR) is 74.7 cm³/mol. The van der Waals surface area contributed by atoms with Gasteiger partial charge in [0.2, 0.25) is 0 Å². The maximum atomic E-state index is 10.8. The maximum Gasteiger partial charge on any atom is 0.335 e. The number of hydrogen-bond acceptors (Lipinski definition) is 2. The molecule has 0 aliphatic heterocycles. The van der Waals surface area contributed by atoms with Gasteiger partial charge in [0, 0.05) is 11.0 Å². The number of carbonyl (C=O) groups is 1. The number of aromatic amines is 1. The van der Waals surface area contributed by atoms with Crippen LogP contribution in [0.1, 0.15) is 37.0 Å². The molecule has 0 saturated carbocycles. The first kappa shape index (κ1) is 13.6. The number of carboxylic acids is 1. The highest BCUT2D eigenvalue weighted by Gasteiger charge is 2.21. The Bertz CT molecular complexity index is 609. The van der Waals surface area contributed by atoms with Gasteiger partial charge in [-0.2, -0.15) is 0 Å². The Balaban J connectivity index is 2.42. The number of imidazole rings is 1. The molecule has 2 rings (SSSR count). The summed E-state index contributed by atoms with van der Waals surface area (Å²) in [6.07, 6.45) is 0. The summed E-state index contributed by atoms with van der Waals surface area (Å²) in [4.78, 5) is 18.4. The molecule has 0 atom stereocenters. The first-order valence-corrected chi connectivity index (χ1v) is 6.26. The Morgan fingerprint density at radius 3 is 2.26 bits per heavy atom. The van der Waals surface area contributed by atoms with Crippen LogP contribution >= 0.6 is 11.6 Å². The van der Waals surface area contributed by atoms with Crippen LogP contribution in [0.3, 0.4) is 0 Å². The Hall–Kier alpha value is -1.81. The highest BCUT2D eigenvalue weighted by Crippen LogP contribution is 2.30. The highest BCUT2D eigenvalue weighted by molar-refractivity contribution is 6.31. The number of rotatable bonds is 2. The van der Waals surface area contributed by atoms with Crippen LogP contribution < -0.4 is 0 Å². The summed E-state index contributed by atoms with van der Waals surface area (Å²) in [6.45, 7) is 6.12. The van der Waals surface area contributed by atoms with Gasteiger partial charge in [-0.1, -0.05) is 44.5 Å². The van der Waals surface area contributed by atoms with Crippen molar-refractivity contribution in [1.29, 1.82) is 0 Å². The highest BCUT2D eigenvalue weighted by atomic mass is 35.5. The SMILES string of the molecule is CC(C)(C)c1nc(-c2ccc(C(=O)O)cc2)c(Cl)[nH]1. The number of aromatic nitrogens is 2. The van der Waals surface area contributed by atoms with Gasteiger partial charge in [-0.3, -0.25) is 0 Å². The van der Waals surface area contributed by atoms with E-state index < -0.39 is 5.97 Å². The van der Waals surface area contributed by atoms with E-state index >= 15 is 0 Å². The quantitative estimate of drug-likeness (QED) is 0.880. The monoisotopic (exact) mass is 278 g/mol. The summed E-state index contributed by atoms with van der Waals surface area (Å²) in [5.41, 5.74) is 1.56. The average molecular weight is 279 g/mol. The first-order chi connectivity index (χ1) is 8.79. The van der Waals surface area contributed by atoms with Crippen molar-refractivity contribution in [2.45, 2.75) is 26.2 Å². The Labute approximate surface area is 116 Å². The molecule has 0 amide bonds. The van der Waals surface area contributed by atoms with Crippen molar-refractivity contribution in [3.8, 4) is 11.3 Å². The molecule has 1 aromatic heterocycles. The number of hydrogen-bond donors (Lipinski definition) is 2. The fourth-order valence-corrected chi connectivity index (χ4v) is 1.91. The Morgan fingerprint density at radius 2 is 1.84 bits per heavy atom. The normalized spacial score (nSPS) is 11.6. The van der Waals surface area contributed by atoms with Crippen molar-refractivity contribution in [3.63, 3.8) is 0 Å².